The Bertz CT molecular complexity index is 1290. The van der Waals surface area contributed by atoms with Crippen molar-refractivity contribution in [3.63, 3.8) is 0 Å². The Morgan fingerprint density at radius 1 is 1.26 bits per heavy atom. The SMILES string of the molecule is Cc1[nH]n(-c2cccc(Cl)c2)c(=O)c1C=Nc1sc2ccccc2c1C#N. The lowest BCUT2D eigenvalue weighted by atomic mass is 10.2. The average Bonchev–Trinajstić information content (AvgIpc) is 3.16. The number of aliphatic imine (C=N–C) groups is 1. The average molecular weight is 393 g/mol. The summed E-state index contributed by atoms with van der Waals surface area (Å²) in [7, 11) is 0. The van der Waals surface area contributed by atoms with Crippen LogP contribution >= 0.6 is 22.9 Å². The molecule has 0 atom stereocenters. The molecular weight excluding hydrogens is 380 g/mol. The number of hydrogen-bond donors (Lipinski definition) is 1. The van der Waals surface area contributed by atoms with Crippen molar-refractivity contribution in [2.45, 2.75) is 6.92 Å². The molecule has 0 fully saturated rings. The first-order valence-corrected chi connectivity index (χ1v) is 9.31. The van der Waals surface area contributed by atoms with Crippen molar-refractivity contribution in [1.82, 2.24) is 9.78 Å². The van der Waals surface area contributed by atoms with Gasteiger partial charge in [-0.3, -0.25) is 9.89 Å². The van der Waals surface area contributed by atoms with E-state index in [1.165, 1.54) is 22.2 Å². The fourth-order valence-corrected chi connectivity index (χ4v) is 4.05. The van der Waals surface area contributed by atoms with Gasteiger partial charge in [0.25, 0.3) is 5.56 Å². The minimum Gasteiger partial charge on any atom is -0.295 e. The van der Waals surface area contributed by atoms with Crippen molar-refractivity contribution in [1.29, 1.82) is 5.26 Å². The van der Waals surface area contributed by atoms with Gasteiger partial charge < -0.3 is 0 Å². The van der Waals surface area contributed by atoms with E-state index in [4.69, 9.17) is 11.6 Å². The number of aryl methyl sites for hydroxylation is 1. The summed E-state index contributed by atoms with van der Waals surface area (Å²) < 4.78 is 2.42. The number of nitriles is 1. The molecule has 4 rings (SSSR count). The van der Waals surface area contributed by atoms with Crippen molar-refractivity contribution < 1.29 is 0 Å². The fourth-order valence-electron chi connectivity index (χ4n) is 2.86. The molecule has 0 saturated heterocycles. The highest BCUT2D eigenvalue weighted by atomic mass is 35.5. The van der Waals surface area contributed by atoms with Gasteiger partial charge in [0.05, 0.1) is 16.8 Å². The number of benzene rings is 2. The molecule has 0 bridgehead atoms. The molecule has 2 aromatic carbocycles. The summed E-state index contributed by atoms with van der Waals surface area (Å²) in [6, 6.07) is 16.9. The van der Waals surface area contributed by atoms with Crippen LogP contribution in [0.2, 0.25) is 5.02 Å². The highest BCUT2D eigenvalue weighted by molar-refractivity contribution is 7.22. The second-order valence-corrected chi connectivity index (χ2v) is 7.39. The maximum Gasteiger partial charge on any atom is 0.280 e. The number of H-pyrrole nitrogens is 1. The van der Waals surface area contributed by atoms with Crippen LogP contribution in [0.3, 0.4) is 0 Å². The predicted octanol–water partition coefficient (Wildman–Crippen LogP) is 4.96. The molecule has 1 N–H and O–H groups in total. The third kappa shape index (κ3) is 3.08. The van der Waals surface area contributed by atoms with Crippen LogP contribution in [-0.4, -0.2) is 16.0 Å². The first kappa shape index (κ1) is 17.3. The zero-order valence-electron chi connectivity index (χ0n) is 14.2. The Morgan fingerprint density at radius 3 is 2.85 bits per heavy atom. The van der Waals surface area contributed by atoms with Crippen molar-refractivity contribution in [2.24, 2.45) is 4.99 Å². The number of hydrogen-bond acceptors (Lipinski definition) is 4. The third-order valence-electron chi connectivity index (χ3n) is 4.18. The Morgan fingerprint density at radius 2 is 2.07 bits per heavy atom. The van der Waals surface area contributed by atoms with Gasteiger partial charge in [-0.2, -0.15) is 5.26 Å². The molecule has 132 valence electrons. The monoisotopic (exact) mass is 392 g/mol. The lowest BCUT2D eigenvalue weighted by molar-refractivity contribution is 0.835. The van der Waals surface area contributed by atoms with Crippen LogP contribution in [0.4, 0.5) is 5.00 Å². The van der Waals surface area contributed by atoms with E-state index in [1.54, 1.807) is 31.2 Å². The van der Waals surface area contributed by atoms with E-state index in [0.717, 1.165) is 10.1 Å². The molecule has 0 saturated carbocycles. The zero-order chi connectivity index (χ0) is 19.0. The zero-order valence-corrected chi connectivity index (χ0v) is 15.8. The normalized spacial score (nSPS) is 11.3. The van der Waals surface area contributed by atoms with E-state index >= 15 is 0 Å². The molecule has 0 aliphatic heterocycles. The quantitative estimate of drug-likeness (QED) is 0.500. The molecule has 0 amide bonds. The van der Waals surface area contributed by atoms with Crippen LogP contribution in [0.15, 0.2) is 58.3 Å². The number of fused-ring (bicyclic) bond motifs is 1. The third-order valence-corrected chi connectivity index (χ3v) is 5.50. The van der Waals surface area contributed by atoms with Crippen molar-refractivity contribution in [2.75, 3.05) is 0 Å². The van der Waals surface area contributed by atoms with Gasteiger partial charge in [0.2, 0.25) is 0 Å². The largest absolute Gasteiger partial charge is 0.295 e. The number of aromatic nitrogens is 2. The maximum absolute atomic E-state index is 12.8. The first-order chi connectivity index (χ1) is 13.1. The topological polar surface area (TPSA) is 73.9 Å². The van der Waals surface area contributed by atoms with Crippen molar-refractivity contribution >= 4 is 44.2 Å². The summed E-state index contributed by atoms with van der Waals surface area (Å²) in [5.74, 6) is 0. The number of nitrogens with one attached hydrogen (secondary N) is 1. The number of halogens is 1. The standard InChI is InChI=1S/C20H13ClN4OS/c1-12-17(20(26)25(24-12)14-6-4-5-13(21)9-14)11-23-19-16(10-22)15-7-2-3-8-18(15)27-19/h2-9,11,24H,1H3. The molecule has 5 nitrogen and oxygen atoms in total. The minimum atomic E-state index is -0.224. The van der Waals surface area contributed by atoms with E-state index in [-0.39, 0.29) is 5.56 Å². The van der Waals surface area contributed by atoms with E-state index in [1.807, 2.05) is 24.3 Å². The van der Waals surface area contributed by atoms with Crippen LogP contribution < -0.4 is 5.56 Å². The second-order valence-electron chi connectivity index (χ2n) is 5.92. The summed E-state index contributed by atoms with van der Waals surface area (Å²) >= 11 is 7.45. The Labute approximate surface area is 163 Å². The molecule has 0 spiro atoms. The van der Waals surface area contributed by atoms with Gasteiger partial charge in [-0.05, 0) is 31.2 Å². The van der Waals surface area contributed by atoms with Crippen LogP contribution in [0.25, 0.3) is 15.8 Å². The van der Waals surface area contributed by atoms with E-state index in [2.05, 4.69) is 16.2 Å². The molecule has 0 radical (unpaired) electrons. The number of nitrogens with zero attached hydrogens (tertiary/aromatic N) is 3. The molecular formula is C20H13ClN4OS. The summed E-state index contributed by atoms with van der Waals surface area (Å²) in [6.07, 6.45) is 1.51. The Hall–Kier alpha value is -3.14. The molecule has 0 aliphatic rings. The molecule has 7 heteroatoms. The predicted molar refractivity (Wildman–Crippen MR) is 110 cm³/mol. The lowest BCUT2D eigenvalue weighted by Gasteiger charge is -2.01. The molecule has 4 aromatic rings. The molecule has 2 heterocycles. The smallest absolute Gasteiger partial charge is 0.280 e. The van der Waals surface area contributed by atoms with Gasteiger partial charge in [-0.15, -0.1) is 11.3 Å². The van der Waals surface area contributed by atoms with Gasteiger partial charge in [0.15, 0.2) is 0 Å². The highest BCUT2D eigenvalue weighted by Gasteiger charge is 2.13. The Kier molecular flexibility index (Phi) is 4.40. The van der Waals surface area contributed by atoms with Gasteiger partial charge in [-0.1, -0.05) is 35.9 Å². The van der Waals surface area contributed by atoms with E-state index in [0.29, 0.717) is 32.5 Å². The molecule has 27 heavy (non-hydrogen) atoms. The van der Waals surface area contributed by atoms with Crippen molar-refractivity contribution in [3.05, 3.63) is 80.7 Å². The Balaban J connectivity index is 1.78. The van der Waals surface area contributed by atoms with Crippen LogP contribution in [0.5, 0.6) is 0 Å². The van der Waals surface area contributed by atoms with Gasteiger partial charge in [-0.25, -0.2) is 9.67 Å². The molecule has 0 unspecified atom stereocenters. The highest BCUT2D eigenvalue weighted by Crippen LogP contribution is 2.36. The summed E-state index contributed by atoms with van der Waals surface area (Å²) in [6.45, 7) is 1.81. The van der Waals surface area contributed by atoms with E-state index in [9.17, 15) is 10.1 Å². The van der Waals surface area contributed by atoms with E-state index < -0.39 is 0 Å². The lowest BCUT2D eigenvalue weighted by Crippen LogP contribution is -2.17. The summed E-state index contributed by atoms with van der Waals surface area (Å²) in [5.41, 5.74) is 2.07. The first-order valence-electron chi connectivity index (χ1n) is 8.11. The van der Waals surface area contributed by atoms with Gasteiger partial charge in [0.1, 0.15) is 11.1 Å². The minimum absolute atomic E-state index is 0.224. The number of thiophene rings is 1. The van der Waals surface area contributed by atoms with Crippen LogP contribution in [0, 0.1) is 18.3 Å². The fraction of sp³-hybridized carbons (Fsp3) is 0.0500. The number of aromatic amines is 1. The number of rotatable bonds is 3. The van der Waals surface area contributed by atoms with Gasteiger partial charge >= 0.3 is 0 Å². The summed E-state index contributed by atoms with van der Waals surface area (Å²) in [4.78, 5) is 17.2. The van der Waals surface area contributed by atoms with Crippen molar-refractivity contribution in [3.8, 4) is 11.8 Å². The maximum atomic E-state index is 12.8. The van der Waals surface area contributed by atoms with Crippen LogP contribution in [0.1, 0.15) is 16.8 Å². The molecule has 2 aromatic heterocycles. The molecule has 0 aliphatic carbocycles. The van der Waals surface area contributed by atoms with Gasteiger partial charge in [0, 0.05) is 27.0 Å². The summed E-state index contributed by atoms with van der Waals surface area (Å²) in [5, 5.41) is 14.5. The second kappa shape index (κ2) is 6.88. The van der Waals surface area contributed by atoms with Crippen LogP contribution in [-0.2, 0) is 0 Å².